The number of halogens is 1. The van der Waals surface area contributed by atoms with E-state index < -0.39 is 10.0 Å². The van der Waals surface area contributed by atoms with Crippen LogP contribution in [0.2, 0.25) is 5.02 Å². The molecule has 0 unspecified atom stereocenters. The van der Waals surface area contributed by atoms with E-state index in [-0.39, 0.29) is 22.4 Å². The molecule has 1 amide bonds. The zero-order valence-corrected chi connectivity index (χ0v) is 14.2. The third-order valence-electron chi connectivity index (χ3n) is 3.66. The summed E-state index contributed by atoms with van der Waals surface area (Å²) in [5, 5.41) is 0.253. The van der Waals surface area contributed by atoms with Crippen LogP contribution in [0.1, 0.15) is 13.3 Å². The largest absolute Gasteiger partial charge is 0.495 e. The molecule has 1 aromatic rings. The van der Waals surface area contributed by atoms with Crippen LogP contribution in [0.25, 0.3) is 0 Å². The molecule has 1 aromatic carbocycles. The van der Waals surface area contributed by atoms with Gasteiger partial charge in [0.2, 0.25) is 15.9 Å². The molecule has 1 saturated heterocycles. The van der Waals surface area contributed by atoms with Gasteiger partial charge in [-0.3, -0.25) is 4.79 Å². The topological polar surface area (TPSA) is 66.9 Å². The Morgan fingerprint density at radius 1 is 1.23 bits per heavy atom. The van der Waals surface area contributed by atoms with Crippen molar-refractivity contribution in [2.75, 3.05) is 33.3 Å². The zero-order chi connectivity index (χ0) is 16.3. The number of carbonyl (C=O) groups is 1. The van der Waals surface area contributed by atoms with Crippen molar-refractivity contribution in [3.05, 3.63) is 23.2 Å². The summed E-state index contributed by atoms with van der Waals surface area (Å²) in [6.45, 7) is 3.14. The Morgan fingerprint density at radius 3 is 2.55 bits per heavy atom. The monoisotopic (exact) mass is 346 g/mol. The summed E-state index contributed by atoms with van der Waals surface area (Å²) < 4.78 is 31.8. The number of benzene rings is 1. The van der Waals surface area contributed by atoms with Crippen molar-refractivity contribution in [2.24, 2.45) is 0 Å². The fourth-order valence-corrected chi connectivity index (χ4v) is 4.22. The van der Waals surface area contributed by atoms with E-state index in [1.807, 2.05) is 0 Å². The fourth-order valence-electron chi connectivity index (χ4n) is 2.41. The second-order valence-electron chi connectivity index (χ2n) is 5.06. The van der Waals surface area contributed by atoms with Gasteiger partial charge in [-0.2, -0.15) is 4.31 Å². The Morgan fingerprint density at radius 2 is 1.95 bits per heavy atom. The van der Waals surface area contributed by atoms with Crippen LogP contribution in [0.3, 0.4) is 0 Å². The van der Waals surface area contributed by atoms with Crippen molar-refractivity contribution in [2.45, 2.75) is 18.2 Å². The molecule has 122 valence electrons. The molecule has 1 fully saturated rings. The maximum absolute atomic E-state index is 12.7. The molecule has 0 aliphatic carbocycles. The molecule has 0 N–H and O–H groups in total. The summed E-state index contributed by atoms with van der Waals surface area (Å²) in [6, 6.07) is 4.41. The Bertz CT molecular complexity index is 663. The summed E-state index contributed by atoms with van der Waals surface area (Å²) in [5.74, 6) is 0.394. The predicted molar refractivity (Wildman–Crippen MR) is 83.6 cm³/mol. The number of methoxy groups -OCH3 is 1. The van der Waals surface area contributed by atoms with E-state index in [4.69, 9.17) is 16.3 Å². The highest BCUT2D eigenvalue weighted by Gasteiger charge is 2.28. The lowest BCUT2D eigenvalue weighted by molar-refractivity contribution is -0.128. The zero-order valence-electron chi connectivity index (χ0n) is 12.6. The first-order valence-electron chi connectivity index (χ1n) is 6.95. The smallest absolute Gasteiger partial charge is 0.243 e. The van der Waals surface area contributed by atoms with Gasteiger partial charge in [-0.05, 0) is 24.6 Å². The SMILES string of the molecule is COc1ccc(S(=O)(=O)N2CCCN(C(C)=O)CC2)cc1Cl. The quantitative estimate of drug-likeness (QED) is 0.833. The van der Waals surface area contributed by atoms with Gasteiger partial charge in [0.15, 0.2) is 0 Å². The first-order valence-corrected chi connectivity index (χ1v) is 8.77. The first-order chi connectivity index (χ1) is 10.4. The molecule has 1 heterocycles. The number of nitrogens with zero attached hydrogens (tertiary/aromatic N) is 2. The molecule has 1 aliphatic rings. The molecule has 1 aliphatic heterocycles. The van der Waals surface area contributed by atoms with Gasteiger partial charge in [0.1, 0.15) is 5.75 Å². The average molecular weight is 347 g/mol. The molecule has 0 bridgehead atoms. The minimum atomic E-state index is -3.63. The van der Waals surface area contributed by atoms with Crippen molar-refractivity contribution >= 4 is 27.5 Å². The molecular weight excluding hydrogens is 328 g/mol. The number of rotatable bonds is 3. The lowest BCUT2D eigenvalue weighted by Gasteiger charge is -2.21. The third kappa shape index (κ3) is 3.53. The number of hydrogen-bond acceptors (Lipinski definition) is 4. The van der Waals surface area contributed by atoms with E-state index in [9.17, 15) is 13.2 Å². The average Bonchev–Trinajstić information content (AvgIpc) is 2.73. The maximum Gasteiger partial charge on any atom is 0.243 e. The van der Waals surface area contributed by atoms with Crippen molar-refractivity contribution in [3.63, 3.8) is 0 Å². The summed E-state index contributed by atoms with van der Waals surface area (Å²) in [4.78, 5) is 13.2. The molecule has 0 aromatic heterocycles. The molecule has 0 spiro atoms. The van der Waals surface area contributed by atoms with Crippen LogP contribution in [0.5, 0.6) is 5.75 Å². The standard InChI is InChI=1S/C14H19ClN2O4S/c1-11(18)16-6-3-7-17(9-8-16)22(19,20)12-4-5-14(21-2)13(15)10-12/h4-5,10H,3,6-9H2,1-2H3. The van der Waals surface area contributed by atoms with Crippen LogP contribution in [-0.2, 0) is 14.8 Å². The van der Waals surface area contributed by atoms with Crippen LogP contribution >= 0.6 is 11.6 Å². The lowest BCUT2D eigenvalue weighted by Crippen LogP contribution is -2.36. The van der Waals surface area contributed by atoms with Crippen LogP contribution in [0, 0.1) is 0 Å². The fraction of sp³-hybridized carbons (Fsp3) is 0.500. The van der Waals surface area contributed by atoms with E-state index in [1.165, 1.54) is 36.5 Å². The van der Waals surface area contributed by atoms with Gasteiger partial charge in [-0.25, -0.2) is 8.42 Å². The molecule has 0 radical (unpaired) electrons. The van der Waals surface area contributed by atoms with Gasteiger partial charge in [0, 0.05) is 33.1 Å². The Labute approximate surface area is 135 Å². The molecule has 0 saturated carbocycles. The normalized spacial score (nSPS) is 17.1. The lowest BCUT2D eigenvalue weighted by atomic mass is 10.3. The second kappa shape index (κ2) is 6.85. The molecular formula is C14H19ClN2O4S. The van der Waals surface area contributed by atoms with E-state index in [0.717, 1.165) is 0 Å². The van der Waals surface area contributed by atoms with Crippen LogP contribution in [-0.4, -0.2) is 56.8 Å². The van der Waals surface area contributed by atoms with Crippen molar-refractivity contribution in [3.8, 4) is 5.75 Å². The Kier molecular flexibility index (Phi) is 5.31. The number of amides is 1. The van der Waals surface area contributed by atoms with Gasteiger partial charge in [-0.1, -0.05) is 11.6 Å². The van der Waals surface area contributed by atoms with Crippen LogP contribution < -0.4 is 4.74 Å². The third-order valence-corrected chi connectivity index (χ3v) is 5.85. The van der Waals surface area contributed by atoms with Crippen molar-refractivity contribution in [1.29, 1.82) is 0 Å². The summed E-state index contributed by atoms with van der Waals surface area (Å²) in [5.41, 5.74) is 0. The second-order valence-corrected chi connectivity index (χ2v) is 7.41. The number of carbonyl (C=O) groups excluding carboxylic acids is 1. The van der Waals surface area contributed by atoms with E-state index in [1.54, 1.807) is 4.90 Å². The minimum Gasteiger partial charge on any atom is -0.495 e. The molecule has 8 heteroatoms. The number of sulfonamides is 1. The Hall–Kier alpha value is -1.31. The highest BCUT2D eigenvalue weighted by Crippen LogP contribution is 2.28. The van der Waals surface area contributed by atoms with E-state index in [0.29, 0.717) is 31.8 Å². The summed E-state index contributed by atoms with van der Waals surface area (Å²) >= 11 is 6.01. The van der Waals surface area contributed by atoms with Gasteiger partial charge in [-0.15, -0.1) is 0 Å². The number of ether oxygens (including phenoxy) is 1. The van der Waals surface area contributed by atoms with E-state index >= 15 is 0 Å². The minimum absolute atomic E-state index is 0.0354. The highest BCUT2D eigenvalue weighted by atomic mass is 35.5. The van der Waals surface area contributed by atoms with Crippen LogP contribution in [0.4, 0.5) is 0 Å². The van der Waals surface area contributed by atoms with Crippen LogP contribution in [0.15, 0.2) is 23.1 Å². The molecule has 6 nitrogen and oxygen atoms in total. The van der Waals surface area contributed by atoms with Gasteiger partial charge in [0.25, 0.3) is 0 Å². The summed E-state index contributed by atoms with van der Waals surface area (Å²) in [7, 11) is -2.15. The molecule has 0 atom stereocenters. The predicted octanol–water partition coefficient (Wildman–Crippen LogP) is 1.59. The van der Waals surface area contributed by atoms with E-state index in [2.05, 4.69) is 0 Å². The number of hydrogen-bond donors (Lipinski definition) is 0. The van der Waals surface area contributed by atoms with Crippen molar-refractivity contribution < 1.29 is 17.9 Å². The molecule has 2 rings (SSSR count). The highest BCUT2D eigenvalue weighted by molar-refractivity contribution is 7.89. The summed E-state index contributed by atoms with van der Waals surface area (Å²) in [6.07, 6.45) is 0.614. The van der Waals surface area contributed by atoms with Gasteiger partial charge < -0.3 is 9.64 Å². The Balaban J connectivity index is 2.23. The van der Waals surface area contributed by atoms with Gasteiger partial charge in [0.05, 0.1) is 17.0 Å². The maximum atomic E-state index is 12.7. The molecule has 22 heavy (non-hydrogen) atoms. The van der Waals surface area contributed by atoms with Crippen molar-refractivity contribution in [1.82, 2.24) is 9.21 Å². The first kappa shape index (κ1) is 17.1. The van der Waals surface area contributed by atoms with Gasteiger partial charge >= 0.3 is 0 Å².